The van der Waals surface area contributed by atoms with Crippen molar-refractivity contribution in [1.29, 1.82) is 0 Å². The zero-order valence-electron chi connectivity index (χ0n) is 21.9. The summed E-state index contributed by atoms with van der Waals surface area (Å²) < 4.78 is 53.6. The van der Waals surface area contributed by atoms with Gasteiger partial charge in [-0.15, -0.1) is 0 Å². The molecule has 1 N–H and O–H groups in total. The lowest BCUT2D eigenvalue weighted by molar-refractivity contribution is -0.148. The average Bonchev–Trinajstić information content (AvgIpc) is 2.92. The number of anilines is 1. The molecule has 0 aliphatic carbocycles. The lowest BCUT2D eigenvalue weighted by atomic mass is 10.0. The molecule has 13 heteroatoms. The number of aromatic nitrogens is 3. The molecule has 0 spiro atoms. The van der Waals surface area contributed by atoms with Gasteiger partial charge in [-0.1, -0.05) is 24.6 Å². The second-order valence-electron chi connectivity index (χ2n) is 8.75. The third-order valence-corrected chi connectivity index (χ3v) is 8.01. The van der Waals surface area contributed by atoms with Crippen molar-refractivity contribution in [2.75, 3.05) is 18.4 Å². The Morgan fingerprint density at radius 3 is 2.58 bits per heavy atom. The van der Waals surface area contributed by atoms with E-state index in [1.54, 1.807) is 25.1 Å². The van der Waals surface area contributed by atoms with Crippen LogP contribution in [-0.4, -0.2) is 42.6 Å². The molecule has 0 amide bonds. The molecule has 0 saturated carbocycles. The zero-order chi connectivity index (χ0) is 29.0. The summed E-state index contributed by atoms with van der Waals surface area (Å²) >= 11 is 5.97. The van der Waals surface area contributed by atoms with E-state index in [0.29, 0.717) is 28.5 Å². The van der Waals surface area contributed by atoms with Gasteiger partial charge < -0.3 is 9.47 Å². The first-order valence-corrected chi connectivity index (χ1v) is 14.1. The van der Waals surface area contributed by atoms with E-state index in [-0.39, 0.29) is 46.2 Å². The number of carbonyl (C=O) groups is 1. The predicted octanol–water partition coefficient (Wildman–Crippen LogP) is 4.65. The molecule has 2 aromatic heterocycles. The van der Waals surface area contributed by atoms with Crippen LogP contribution >= 0.6 is 11.6 Å². The van der Waals surface area contributed by atoms with Gasteiger partial charge >= 0.3 is 5.97 Å². The Balaban J connectivity index is 1.72. The van der Waals surface area contributed by atoms with Crippen LogP contribution in [-0.2, 0) is 26.1 Å². The van der Waals surface area contributed by atoms with E-state index in [9.17, 15) is 22.4 Å². The molecule has 210 valence electrons. The van der Waals surface area contributed by atoms with Gasteiger partial charge in [0.05, 0.1) is 41.9 Å². The maximum atomic E-state index is 13.5. The molecule has 0 bridgehead atoms. The number of hydrogen-bond donors (Lipinski definition) is 1. The van der Waals surface area contributed by atoms with Gasteiger partial charge in [0.15, 0.2) is 0 Å². The van der Waals surface area contributed by atoms with Gasteiger partial charge in [-0.25, -0.2) is 22.8 Å². The molecule has 1 unspecified atom stereocenters. The van der Waals surface area contributed by atoms with Crippen molar-refractivity contribution in [2.24, 2.45) is 5.92 Å². The molecule has 2 heterocycles. The fourth-order valence-electron chi connectivity index (χ4n) is 4.08. The van der Waals surface area contributed by atoms with Crippen LogP contribution < -0.4 is 15.0 Å². The third-order valence-electron chi connectivity index (χ3n) is 6.16. The van der Waals surface area contributed by atoms with Gasteiger partial charge in [-0.2, -0.15) is 0 Å². The smallest absolute Gasteiger partial charge is 0.310 e. The molecule has 0 aliphatic rings. The van der Waals surface area contributed by atoms with E-state index in [0.717, 1.165) is 18.2 Å². The highest BCUT2D eigenvalue weighted by atomic mass is 35.5. The highest BCUT2D eigenvalue weighted by molar-refractivity contribution is 7.92. The summed E-state index contributed by atoms with van der Waals surface area (Å²) in [4.78, 5) is 33.8. The molecular weight excluding hydrogens is 563 g/mol. The summed E-state index contributed by atoms with van der Waals surface area (Å²) in [5.41, 5.74) is 1.13. The highest BCUT2D eigenvalue weighted by Crippen LogP contribution is 2.32. The molecule has 2 aromatic carbocycles. The van der Waals surface area contributed by atoms with Crippen LogP contribution in [0, 0.1) is 11.7 Å². The van der Waals surface area contributed by atoms with E-state index >= 15 is 0 Å². The third kappa shape index (κ3) is 6.07. The average molecular weight is 589 g/mol. The molecule has 0 fully saturated rings. The number of nitrogens with zero attached hydrogens (tertiary/aromatic N) is 3. The van der Waals surface area contributed by atoms with Gasteiger partial charge in [0, 0.05) is 18.3 Å². The second-order valence-corrected chi connectivity index (χ2v) is 10.8. The number of esters is 1. The summed E-state index contributed by atoms with van der Waals surface area (Å²) in [5.74, 6) is -1.58. The molecule has 0 saturated heterocycles. The molecule has 0 aliphatic heterocycles. The second kappa shape index (κ2) is 12.0. The summed E-state index contributed by atoms with van der Waals surface area (Å²) in [7, 11) is -2.91. The van der Waals surface area contributed by atoms with Crippen LogP contribution in [0.4, 0.5) is 10.1 Å². The van der Waals surface area contributed by atoms with Crippen LogP contribution in [0.15, 0.2) is 64.7 Å². The van der Waals surface area contributed by atoms with Crippen molar-refractivity contribution >= 4 is 44.2 Å². The highest BCUT2D eigenvalue weighted by Gasteiger charge is 2.22. The van der Waals surface area contributed by atoms with Crippen molar-refractivity contribution < 1.29 is 27.1 Å². The summed E-state index contributed by atoms with van der Waals surface area (Å²) in [6, 6.07) is 9.41. The number of fused-ring (bicyclic) bond motifs is 1. The Kier molecular flexibility index (Phi) is 8.70. The SMILES string of the molecule is CCOC(=O)C(CC)Cn1cnc2ccc(-c3cnc(OC)c(NS(=O)(=O)c4ccc(F)cc4Cl)c3)cc2c1=O. The van der Waals surface area contributed by atoms with Crippen molar-refractivity contribution in [3.05, 3.63) is 76.2 Å². The number of benzene rings is 2. The minimum absolute atomic E-state index is 0.00399. The number of rotatable bonds is 10. The predicted molar refractivity (Wildman–Crippen MR) is 148 cm³/mol. The number of sulfonamides is 1. The molecule has 10 nitrogen and oxygen atoms in total. The van der Waals surface area contributed by atoms with Crippen LogP contribution in [0.3, 0.4) is 0 Å². The standard InChI is InChI=1S/C27H26ClFN4O6S/c1-4-16(27(35)39-5-2)14-33-15-31-22-8-6-17(10-20(22)26(33)34)18-11-23(25(38-3)30-13-18)32-40(36,37)24-9-7-19(29)12-21(24)28/h6-13,15-16,32H,4-5,14H2,1-3H3. The van der Waals surface area contributed by atoms with Crippen LogP contribution in [0.1, 0.15) is 20.3 Å². The molecule has 1 atom stereocenters. The minimum atomic E-state index is -4.23. The van der Waals surface area contributed by atoms with Crippen molar-refractivity contribution in [3.8, 4) is 17.0 Å². The van der Waals surface area contributed by atoms with Crippen molar-refractivity contribution in [1.82, 2.24) is 14.5 Å². The quantitative estimate of drug-likeness (QED) is 0.265. The molecule has 4 aromatic rings. The monoisotopic (exact) mass is 588 g/mol. The fourth-order valence-corrected chi connectivity index (χ4v) is 5.66. The van der Waals surface area contributed by atoms with Crippen molar-refractivity contribution in [3.63, 3.8) is 0 Å². The van der Waals surface area contributed by atoms with Gasteiger partial charge in [-0.05, 0) is 55.3 Å². The Hall–Kier alpha value is -4.03. The largest absolute Gasteiger partial charge is 0.480 e. The summed E-state index contributed by atoms with van der Waals surface area (Å²) in [5, 5.41) is 0.0110. The molecular formula is C27H26ClFN4O6S. The zero-order valence-corrected chi connectivity index (χ0v) is 23.4. The molecule has 40 heavy (non-hydrogen) atoms. The normalized spacial score (nSPS) is 12.2. The van der Waals surface area contributed by atoms with E-state index < -0.39 is 21.8 Å². The first-order chi connectivity index (χ1) is 19.1. The molecule has 4 rings (SSSR count). The topological polar surface area (TPSA) is 129 Å². The lowest BCUT2D eigenvalue weighted by Gasteiger charge is -2.15. The van der Waals surface area contributed by atoms with Crippen LogP contribution in [0.25, 0.3) is 22.0 Å². The van der Waals surface area contributed by atoms with Crippen LogP contribution in [0.5, 0.6) is 5.88 Å². The van der Waals surface area contributed by atoms with Crippen LogP contribution in [0.2, 0.25) is 5.02 Å². The number of pyridine rings is 1. The Labute approximate surface area is 234 Å². The summed E-state index contributed by atoms with van der Waals surface area (Å²) in [6.07, 6.45) is 3.35. The number of ether oxygens (including phenoxy) is 2. The van der Waals surface area contributed by atoms with Gasteiger partial charge in [-0.3, -0.25) is 18.9 Å². The number of halogens is 2. The number of carbonyl (C=O) groups excluding carboxylic acids is 1. The number of hydrogen-bond acceptors (Lipinski definition) is 8. The van der Waals surface area contributed by atoms with Crippen molar-refractivity contribution in [2.45, 2.75) is 31.7 Å². The molecule has 0 radical (unpaired) electrons. The minimum Gasteiger partial charge on any atom is -0.480 e. The lowest BCUT2D eigenvalue weighted by Crippen LogP contribution is -2.29. The number of methoxy groups -OCH3 is 1. The summed E-state index contributed by atoms with van der Waals surface area (Å²) in [6.45, 7) is 3.92. The maximum absolute atomic E-state index is 13.5. The maximum Gasteiger partial charge on any atom is 0.310 e. The first kappa shape index (κ1) is 29.0. The van der Waals surface area contributed by atoms with E-state index in [2.05, 4.69) is 14.7 Å². The fraction of sp³-hybridized carbons (Fsp3) is 0.259. The van der Waals surface area contributed by atoms with Gasteiger partial charge in [0.1, 0.15) is 16.4 Å². The Morgan fingerprint density at radius 2 is 1.90 bits per heavy atom. The van der Waals surface area contributed by atoms with E-state index in [1.165, 1.54) is 30.3 Å². The Morgan fingerprint density at radius 1 is 1.12 bits per heavy atom. The van der Waals surface area contributed by atoms with Gasteiger partial charge in [0.25, 0.3) is 15.6 Å². The first-order valence-electron chi connectivity index (χ1n) is 12.3. The Bertz CT molecular complexity index is 1750. The van der Waals surface area contributed by atoms with E-state index in [1.807, 2.05) is 6.92 Å². The van der Waals surface area contributed by atoms with Gasteiger partial charge in [0.2, 0.25) is 5.88 Å². The van der Waals surface area contributed by atoms with E-state index in [4.69, 9.17) is 21.1 Å². The number of nitrogens with one attached hydrogen (secondary N) is 1.